The second kappa shape index (κ2) is 19.2. The van der Waals surface area contributed by atoms with Crippen molar-refractivity contribution in [2.45, 2.75) is 77.7 Å². The van der Waals surface area contributed by atoms with E-state index in [-0.39, 0.29) is 69.5 Å². The number of rotatable bonds is 14. The number of nitrogens with zero attached hydrogens (tertiary/aromatic N) is 5. The van der Waals surface area contributed by atoms with Gasteiger partial charge in [0.1, 0.15) is 30.1 Å². The molecule has 2 unspecified atom stereocenters. The number of hydrogen-bond donors (Lipinski definition) is 1. The Morgan fingerprint density at radius 3 is 2.32 bits per heavy atom. The van der Waals surface area contributed by atoms with Crippen LogP contribution in [0, 0.1) is 5.82 Å². The molecule has 0 aliphatic carbocycles. The molecular formula is C40H49FN6O10. The van der Waals surface area contributed by atoms with Crippen LogP contribution in [0.15, 0.2) is 60.7 Å². The first-order valence-corrected chi connectivity index (χ1v) is 18.9. The van der Waals surface area contributed by atoms with Crippen LogP contribution in [0.4, 0.5) is 9.18 Å². The predicted octanol–water partition coefficient (Wildman–Crippen LogP) is 3.65. The van der Waals surface area contributed by atoms with E-state index in [1.54, 1.807) is 27.7 Å². The third-order valence-corrected chi connectivity index (χ3v) is 9.15. The molecule has 2 aromatic carbocycles. The lowest BCUT2D eigenvalue weighted by atomic mass is 10.1. The van der Waals surface area contributed by atoms with Crippen LogP contribution < -0.4 is 10.1 Å². The van der Waals surface area contributed by atoms with Gasteiger partial charge in [0.2, 0.25) is 11.8 Å². The third-order valence-electron chi connectivity index (χ3n) is 9.15. The van der Waals surface area contributed by atoms with Crippen LogP contribution in [0.2, 0.25) is 0 Å². The highest BCUT2D eigenvalue weighted by Crippen LogP contribution is 2.24. The Morgan fingerprint density at radius 1 is 0.912 bits per heavy atom. The summed E-state index contributed by atoms with van der Waals surface area (Å²) in [4.78, 5) is 83.3. The summed E-state index contributed by atoms with van der Waals surface area (Å²) in [5.74, 6) is -3.59. The highest BCUT2D eigenvalue weighted by atomic mass is 19.1. The molecule has 0 saturated carbocycles. The molecule has 0 spiro atoms. The zero-order valence-electron chi connectivity index (χ0n) is 32.6. The number of halogens is 1. The van der Waals surface area contributed by atoms with Gasteiger partial charge in [0.05, 0.1) is 12.3 Å². The van der Waals surface area contributed by atoms with Crippen molar-refractivity contribution in [1.82, 2.24) is 29.8 Å². The van der Waals surface area contributed by atoms with Gasteiger partial charge in [0.25, 0.3) is 11.8 Å². The molecule has 2 atom stereocenters. The molecular weight excluding hydrogens is 743 g/mol. The average Bonchev–Trinajstić information content (AvgIpc) is 3.86. The molecule has 5 rings (SSSR count). The Morgan fingerprint density at radius 2 is 1.63 bits per heavy atom. The van der Waals surface area contributed by atoms with E-state index in [1.165, 1.54) is 39.0 Å². The van der Waals surface area contributed by atoms with Crippen LogP contribution in [0.25, 0.3) is 5.69 Å². The number of benzene rings is 2. The number of esters is 2. The maximum atomic E-state index is 14.4. The molecule has 57 heavy (non-hydrogen) atoms. The molecule has 4 amide bonds. The third kappa shape index (κ3) is 11.8. The number of nitrogens with one attached hydrogen (secondary N) is 1. The van der Waals surface area contributed by atoms with Crippen LogP contribution in [0.3, 0.4) is 0 Å². The van der Waals surface area contributed by atoms with Gasteiger partial charge in [-0.2, -0.15) is 5.10 Å². The minimum atomic E-state index is -1.20. The number of carbonyl (C=O) groups is 6. The average molecular weight is 793 g/mol. The van der Waals surface area contributed by atoms with Gasteiger partial charge in [0.15, 0.2) is 12.3 Å². The topological polar surface area (TPSA) is 179 Å². The van der Waals surface area contributed by atoms with E-state index in [0.717, 1.165) is 16.3 Å². The molecule has 0 bridgehead atoms. The van der Waals surface area contributed by atoms with E-state index >= 15 is 0 Å². The standard InChI is InChI=1S/C40H49FN6O10/c1-5-54-39(53)45-21-19-44(20-22-45)37(51)30(16-17-35(49)57-40(2,3)4)42-36(50)31-24-34(47(43-31)29-14-9-13-28(41)23-29)55-26-33(48)46-18-10-15-32(46)38(52)56-25-27-11-7-6-8-12-27/h6-9,11-14,23-24,30,32H,5,10,15-22,25-26H2,1-4H3,(H,42,50). The van der Waals surface area contributed by atoms with Crippen molar-refractivity contribution in [3.63, 3.8) is 0 Å². The summed E-state index contributed by atoms with van der Waals surface area (Å²) < 4.78 is 37.4. The van der Waals surface area contributed by atoms with Crippen molar-refractivity contribution in [2.24, 2.45) is 0 Å². The number of aromatic nitrogens is 2. The van der Waals surface area contributed by atoms with Crippen molar-refractivity contribution < 1.29 is 52.1 Å². The summed E-state index contributed by atoms with van der Waals surface area (Å²) in [6, 6.07) is 13.8. The Balaban J connectivity index is 1.31. The van der Waals surface area contributed by atoms with Crippen molar-refractivity contribution in [3.05, 3.63) is 77.7 Å². The molecule has 17 heteroatoms. The number of carbonyl (C=O) groups excluding carboxylic acids is 6. The number of hydrogen-bond acceptors (Lipinski definition) is 11. The molecule has 3 heterocycles. The first kappa shape index (κ1) is 42.1. The number of likely N-dealkylation sites (tertiary alicyclic amines) is 1. The van der Waals surface area contributed by atoms with Gasteiger partial charge >= 0.3 is 18.0 Å². The summed E-state index contributed by atoms with van der Waals surface area (Å²) in [5.41, 5.74) is -0.0146. The Labute approximate surface area is 330 Å². The predicted molar refractivity (Wildman–Crippen MR) is 201 cm³/mol. The minimum Gasteiger partial charge on any atom is -0.467 e. The maximum absolute atomic E-state index is 14.4. The van der Waals surface area contributed by atoms with Crippen LogP contribution in [-0.2, 0) is 40.0 Å². The van der Waals surface area contributed by atoms with Crippen LogP contribution in [0.1, 0.15) is 69.4 Å². The smallest absolute Gasteiger partial charge is 0.409 e. The zero-order valence-corrected chi connectivity index (χ0v) is 32.6. The lowest BCUT2D eigenvalue weighted by molar-refractivity contribution is -0.155. The Bertz CT molecular complexity index is 1910. The van der Waals surface area contributed by atoms with Gasteiger partial charge in [-0.1, -0.05) is 36.4 Å². The fourth-order valence-corrected chi connectivity index (χ4v) is 6.41. The second-order valence-electron chi connectivity index (χ2n) is 14.5. The molecule has 16 nitrogen and oxygen atoms in total. The van der Waals surface area contributed by atoms with E-state index in [0.29, 0.717) is 19.4 Å². The lowest BCUT2D eigenvalue weighted by Crippen LogP contribution is -2.56. The van der Waals surface area contributed by atoms with Crippen molar-refractivity contribution >= 4 is 35.8 Å². The SMILES string of the molecule is CCOC(=O)N1CCN(C(=O)C(CCC(=O)OC(C)(C)C)NC(=O)c2cc(OCC(=O)N3CCCC3C(=O)OCc3ccccc3)n(-c3cccc(F)c3)n2)CC1. The van der Waals surface area contributed by atoms with E-state index < -0.39 is 65.9 Å². The minimum absolute atomic E-state index is 0.0615. The van der Waals surface area contributed by atoms with Gasteiger partial charge in [-0.25, -0.2) is 18.7 Å². The van der Waals surface area contributed by atoms with Gasteiger partial charge in [-0.3, -0.25) is 19.2 Å². The van der Waals surface area contributed by atoms with Gasteiger partial charge in [0, 0.05) is 45.2 Å². The molecule has 306 valence electrons. The monoisotopic (exact) mass is 792 g/mol. The van der Waals surface area contributed by atoms with Gasteiger partial charge in [-0.05, 0) is 70.7 Å². The molecule has 1 aromatic heterocycles. The van der Waals surface area contributed by atoms with Crippen molar-refractivity contribution in [2.75, 3.05) is 45.9 Å². The summed E-state index contributed by atoms with van der Waals surface area (Å²) >= 11 is 0. The fourth-order valence-electron chi connectivity index (χ4n) is 6.41. The fraction of sp³-hybridized carbons (Fsp3) is 0.475. The molecule has 1 N–H and O–H groups in total. The number of piperazine rings is 1. The molecule has 2 saturated heterocycles. The molecule has 0 radical (unpaired) electrons. The Hall–Kier alpha value is -6.00. The van der Waals surface area contributed by atoms with E-state index in [1.807, 2.05) is 30.3 Å². The molecule has 2 aliphatic heterocycles. The maximum Gasteiger partial charge on any atom is 0.409 e. The highest BCUT2D eigenvalue weighted by Gasteiger charge is 2.36. The van der Waals surface area contributed by atoms with Gasteiger partial charge in [-0.15, -0.1) is 0 Å². The summed E-state index contributed by atoms with van der Waals surface area (Å²) in [7, 11) is 0. The lowest BCUT2D eigenvalue weighted by Gasteiger charge is -2.36. The van der Waals surface area contributed by atoms with E-state index in [9.17, 15) is 33.2 Å². The van der Waals surface area contributed by atoms with Crippen LogP contribution >= 0.6 is 0 Å². The Kier molecular flexibility index (Phi) is 14.2. The summed E-state index contributed by atoms with van der Waals surface area (Å²) in [6.45, 7) is 7.62. The second-order valence-corrected chi connectivity index (χ2v) is 14.5. The first-order valence-electron chi connectivity index (χ1n) is 18.9. The summed E-state index contributed by atoms with van der Waals surface area (Å²) in [5, 5.41) is 7.03. The molecule has 2 aliphatic rings. The van der Waals surface area contributed by atoms with Crippen LogP contribution in [0.5, 0.6) is 5.88 Å². The van der Waals surface area contributed by atoms with Crippen molar-refractivity contribution in [3.8, 4) is 11.6 Å². The number of amides is 4. The molecule has 2 fully saturated rings. The number of ether oxygens (including phenoxy) is 4. The highest BCUT2D eigenvalue weighted by molar-refractivity contribution is 5.96. The quantitative estimate of drug-likeness (QED) is 0.186. The summed E-state index contributed by atoms with van der Waals surface area (Å²) in [6.07, 6.45) is 0.207. The van der Waals surface area contributed by atoms with Crippen LogP contribution in [-0.4, -0.2) is 124 Å². The van der Waals surface area contributed by atoms with Crippen molar-refractivity contribution in [1.29, 1.82) is 0 Å². The zero-order chi connectivity index (χ0) is 41.1. The first-order chi connectivity index (χ1) is 27.2. The van der Waals surface area contributed by atoms with E-state index in [4.69, 9.17) is 18.9 Å². The normalized spacial score (nSPS) is 16.1. The van der Waals surface area contributed by atoms with E-state index in [2.05, 4.69) is 10.4 Å². The molecule has 3 aromatic rings. The largest absolute Gasteiger partial charge is 0.467 e. The van der Waals surface area contributed by atoms with Gasteiger partial charge < -0.3 is 39.0 Å².